The highest BCUT2D eigenvalue weighted by atomic mass is 19.4. The van der Waals surface area contributed by atoms with Gasteiger partial charge in [-0.05, 0) is 60.2 Å². The van der Waals surface area contributed by atoms with Crippen LogP contribution < -0.4 is 10.3 Å². The second kappa shape index (κ2) is 8.55. The normalized spacial score (nSPS) is 19.6. The Bertz CT molecular complexity index is 1240. The zero-order chi connectivity index (χ0) is 23.8. The van der Waals surface area contributed by atoms with Crippen molar-refractivity contribution in [2.24, 2.45) is 0 Å². The van der Waals surface area contributed by atoms with E-state index in [-0.39, 0.29) is 31.2 Å². The molecular weight excluding hydrogens is 437 g/mol. The van der Waals surface area contributed by atoms with Gasteiger partial charge >= 0.3 is 12.1 Å². The summed E-state index contributed by atoms with van der Waals surface area (Å²) in [4.78, 5) is 26.7. The summed E-state index contributed by atoms with van der Waals surface area (Å²) in [7, 11) is 1.43. The number of hydrogen-bond donors (Lipinski definition) is 1. The van der Waals surface area contributed by atoms with Gasteiger partial charge in [-0.3, -0.25) is 9.59 Å². The zero-order valence-corrected chi connectivity index (χ0v) is 18.1. The van der Waals surface area contributed by atoms with Crippen LogP contribution in [0.5, 0.6) is 5.75 Å². The van der Waals surface area contributed by atoms with Crippen LogP contribution in [0.25, 0.3) is 10.9 Å². The molecule has 1 N–H and O–H groups in total. The van der Waals surface area contributed by atoms with Crippen molar-refractivity contribution < 1.29 is 27.4 Å². The Morgan fingerprint density at radius 3 is 2.67 bits per heavy atom. The molecule has 6 nitrogen and oxygen atoms in total. The number of pyridine rings is 1. The van der Waals surface area contributed by atoms with Crippen molar-refractivity contribution in [2.75, 3.05) is 20.2 Å². The van der Waals surface area contributed by atoms with Gasteiger partial charge in [0, 0.05) is 25.2 Å². The number of H-pyrrole nitrogens is 1. The van der Waals surface area contributed by atoms with E-state index in [4.69, 9.17) is 9.47 Å². The van der Waals surface area contributed by atoms with Crippen LogP contribution in [0.15, 0.2) is 59.4 Å². The van der Waals surface area contributed by atoms with E-state index in [1.165, 1.54) is 13.2 Å². The lowest BCUT2D eigenvalue weighted by Gasteiger charge is -2.29. The third-order valence-corrected chi connectivity index (χ3v) is 6.04. The van der Waals surface area contributed by atoms with Gasteiger partial charge in [0.15, 0.2) is 0 Å². The average molecular weight is 460 g/mol. The Morgan fingerprint density at radius 2 is 1.94 bits per heavy atom. The van der Waals surface area contributed by atoms with Crippen molar-refractivity contribution in [3.63, 3.8) is 0 Å². The number of ether oxygens (including phenoxy) is 2. The average Bonchev–Trinajstić information content (AvgIpc) is 3.23. The van der Waals surface area contributed by atoms with Crippen molar-refractivity contribution in [3.05, 3.63) is 76.1 Å². The molecule has 1 saturated heterocycles. The molecule has 174 valence electrons. The molecule has 0 radical (unpaired) electrons. The van der Waals surface area contributed by atoms with Crippen molar-refractivity contribution in [1.29, 1.82) is 0 Å². The molecule has 1 aliphatic rings. The number of aromatic amines is 1. The number of nitrogens with zero attached hydrogens (tertiary/aromatic N) is 1. The molecule has 9 heteroatoms. The monoisotopic (exact) mass is 460 g/mol. The third kappa shape index (κ3) is 4.59. The molecule has 2 unspecified atom stereocenters. The molecule has 0 bridgehead atoms. The van der Waals surface area contributed by atoms with E-state index in [2.05, 4.69) is 4.98 Å². The number of nitrogens with one attached hydrogen (secondary N) is 1. The first-order valence-corrected chi connectivity index (χ1v) is 10.4. The largest absolute Gasteiger partial charge is 0.486 e. The molecule has 3 aromatic rings. The van der Waals surface area contributed by atoms with E-state index in [9.17, 15) is 22.8 Å². The van der Waals surface area contributed by atoms with E-state index in [0.29, 0.717) is 11.3 Å². The minimum absolute atomic E-state index is 0.0488. The molecule has 2 heterocycles. The van der Waals surface area contributed by atoms with Crippen LogP contribution in [0.1, 0.15) is 30.6 Å². The second-order valence-corrected chi connectivity index (χ2v) is 8.13. The van der Waals surface area contributed by atoms with Gasteiger partial charge in [-0.1, -0.05) is 18.2 Å². The van der Waals surface area contributed by atoms with Crippen LogP contribution in [-0.2, 0) is 15.1 Å². The Morgan fingerprint density at radius 1 is 1.15 bits per heavy atom. The Hall–Kier alpha value is -3.33. The minimum Gasteiger partial charge on any atom is -0.486 e. The summed E-state index contributed by atoms with van der Waals surface area (Å²) in [5, 5.41) is 0.870. The molecule has 33 heavy (non-hydrogen) atoms. The van der Waals surface area contributed by atoms with Crippen molar-refractivity contribution in [3.8, 4) is 5.75 Å². The number of carbonyl (C=O) groups excluding carboxylic acids is 1. The first-order valence-electron chi connectivity index (χ1n) is 10.4. The van der Waals surface area contributed by atoms with Gasteiger partial charge in [-0.2, -0.15) is 13.2 Å². The number of fused-ring (bicyclic) bond motifs is 1. The fourth-order valence-corrected chi connectivity index (χ4v) is 4.21. The smallest absolute Gasteiger partial charge is 0.471 e. The van der Waals surface area contributed by atoms with Crippen LogP contribution >= 0.6 is 0 Å². The molecule has 1 aliphatic heterocycles. The quantitative estimate of drug-likeness (QED) is 0.616. The maximum atomic E-state index is 12.9. The standard InChI is InChI=1S/C24H23F3N2O4/c1-15(16-6-8-20-17(12-16)7-9-21(30)28-20)33-19-5-3-4-18(13-19)23(32-2)10-11-29(14-23)22(31)24(25,26)27/h3-9,12-13,15H,10-11,14H2,1-2H3,(H,28,30). The van der Waals surface area contributed by atoms with Crippen LogP contribution in [0.2, 0.25) is 0 Å². The molecule has 0 aliphatic carbocycles. The van der Waals surface area contributed by atoms with Gasteiger partial charge in [0.25, 0.3) is 0 Å². The van der Waals surface area contributed by atoms with Crippen molar-refractivity contribution >= 4 is 16.8 Å². The molecule has 4 rings (SSSR count). The van der Waals surface area contributed by atoms with Crippen LogP contribution in [-0.4, -0.2) is 42.2 Å². The van der Waals surface area contributed by atoms with Gasteiger partial charge in [0.05, 0.1) is 6.54 Å². The van der Waals surface area contributed by atoms with Crippen molar-refractivity contribution in [2.45, 2.75) is 31.2 Å². The summed E-state index contributed by atoms with van der Waals surface area (Å²) >= 11 is 0. The number of rotatable bonds is 5. The third-order valence-electron chi connectivity index (χ3n) is 6.04. The van der Waals surface area contributed by atoms with Gasteiger partial charge in [-0.15, -0.1) is 0 Å². The highest BCUT2D eigenvalue weighted by molar-refractivity contribution is 5.82. The summed E-state index contributed by atoms with van der Waals surface area (Å²) in [6.07, 6.45) is -5.01. The van der Waals surface area contributed by atoms with Gasteiger partial charge in [-0.25, -0.2) is 0 Å². The summed E-state index contributed by atoms with van der Waals surface area (Å²) in [5.74, 6) is -1.33. The predicted octanol–water partition coefficient (Wildman–Crippen LogP) is 4.30. The number of carbonyl (C=O) groups is 1. The number of amides is 1. The number of benzene rings is 2. The SMILES string of the molecule is COC1(c2cccc(OC(C)c3ccc4[nH]c(=O)ccc4c3)c2)CCN(C(=O)C(F)(F)F)C1. The van der Waals surface area contributed by atoms with Crippen molar-refractivity contribution in [1.82, 2.24) is 9.88 Å². The Kier molecular flexibility index (Phi) is 5.92. The van der Waals surface area contributed by atoms with E-state index in [1.54, 1.807) is 30.3 Å². The molecule has 1 amide bonds. The maximum Gasteiger partial charge on any atom is 0.471 e. The highest BCUT2D eigenvalue weighted by Gasteiger charge is 2.49. The second-order valence-electron chi connectivity index (χ2n) is 8.13. The Labute approximate surface area is 187 Å². The molecule has 1 aromatic heterocycles. The number of halogens is 3. The van der Waals surface area contributed by atoms with E-state index < -0.39 is 17.7 Å². The predicted molar refractivity (Wildman–Crippen MR) is 116 cm³/mol. The summed E-state index contributed by atoms with van der Waals surface area (Å²) in [6, 6.07) is 15.8. The maximum absolute atomic E-state index is 12.9. The summed E-state index contributed by atoms with van der Waals surface area (Å²) < 4.78 is 50.4. The summed E-state index contributed by atoms with van der Waals surface area (Å²) in [5.41, 5.74) is 1.04. The van der Waals surface area contributed by atoms with Crippen LogP contribution in [0, 0.1) is 0 Å². The molecule has 0 saturated carbocycles. The first kappa shape index (κ1) is 22.8. The van der Waals surface area contributed by atoms with Crippen LogP contribution in [0.3, 0.4) is 0 Å². The lowest BCUT2D eigenvalue weighted by atomic mass is 9.92. The lowest BCUT2D eigenvalue weighted by molar-refractivity contribution is -0.185. The number of hydrogen-bond acceptors (Lipinski definition) is 4. The zero-order valence-electron chi connectivity index (χ0n) is 18.1. The van der Waals surface area contributed by atoms with Crippen LogP contribution in [0.4, 0.5) is 13.2 Å². The van der Waals surface area contributed by atoms with Gasteiger partial charge in [0.2, 0.25) is 5.56 Å². The fourth-order valence-electron chi connectivity index (χ4n) is 4.21. The molecule has 2 aromatic carbocycles. The number of aromatic nitrogens is 1. The lowest BCUT2D eigenvalue weighted by Crippen LogP contribution is -2.42. The topological polar surface area (TPSA) is 71.6 Å². The molecule has 0 spiro atoms. The Balaban J connectivity index is 1.54. The first-order chi connectivity index (χ1) is 15.6. The van der Waals surface area contributed by atoms with Gasteiger partial charge in [0.1, 0.15) is 17.5 Å². The number of alkyl halides is 3. The van der Waals surface area contributed by atoms with E-state index in [1.807, 2.05) is 25.1 Å². The van der Waals surface area contributed by atoms with E-state index >= 15 is 0 Å². The fraction of sp³-hybridized carbons (Fsp3) is 0.333. The number of methoxy groups -OCH3 is 1. The highest BCUT2D eigenvalue weighted by Crippen LogP contribution is 2.38. The van der Waals surface area contributed by atoms with Gasteiger partial charge < -0.3 is 19.4 Å². The van der Waals surface area contributed by atoms with E-state index in [0.717, 1.165) is 21.4 Å². The number of likely N-dealkylation sites (tertiary alicyclic amines) is 1. The molecule has 1 fully saturated rings. The molecular formula is C24H23F3N2O4. The molecule has 2 atom stereocenters. The summed E-state index contributed by atoms with van der Waals surface area (Å²) in [6.45, 7) is 1.64. The minimum atomic E-state index is -4.92.